The van der Waals surface area contributed by atoms with Crippen LogP contribution < -0.4 is 4.90 Å². The summed E-state index contributed by atoms with van der Waals surface area (Å²) in [5, 5.41) is 8.75. The van der Waals surface area contributed by atoms with Crippen LogP contribution in [0, 0.1) is 0 Å². The standard InChI is InChI=1S/C20H29N5O4.2ClH/c1-23-8-6-16-17(7-9-23)22-18(12-21-16)25-11-10-24(20(25)28)14-2-4-15(5-3-14)29-13-19(26)27;;/h12,14-15H,2-11,13H2,1H3,(H,26,27);2*1H/t14-,15-;;. The van der Waals surface area contributed by atoms with Gasteiger partial charge in [0.1, 0.15) is 6.61 Å². The molecular formula is C20H31Cl2N5O4. The van der Waals surface area contributed by atoms with E-state index in [1.165, 1.54) is 0 Å². The molecule has 2 fully saturated rings. The van der Waals surface area contributed by atoms with Crippen molar-refractivity contribution in [3.8, 4) is 0 Å². The van der Waals surface area contributed by atoms with Crippen LogP contribution in [0.2, 0.25) is 0 Å². The van der Waals surface area contributed by atoms with Crippen LogP contribution in [0.1, 0.15) is 37.1 Å². The van der Waals surface area contributed by atoms with E-state index in [1.54, 1.807) is 11.1 Å². The van der Waals surface area contributed by atoms with Crippen LogP contribution in [0.3, 0.4) is 0 Å². The molecule has 2 aliphatic heterocycles. The minimum atomic E-state index is -0.939. The molecule has 2 amide bonds. The van der Waals surface area contributed by atoms with Gasteiger partial charge in [0.2, 0.25) is 0 Å². The number of aliphatic carboxylic acids is 1. The molecule has 0 atom stereocenters. The van der Waals surface area contributed by atoms with E-state index < -0.39 is 5.97 Å². The molecule has 0 unspecified atom stereocenters. The maximum absolute atomic E-state index is 13.1. The number of carbonyl (C=O) groups excluding carboxylic acids is 1. The predicted octanol–water partition coefficient (Wildman–Crippen LogP) is 2.00. The van der Waals surface area contributed by atoms with Crippen molar-refractivity contribution in [1.29, 1.82) is 0 Å². The first-order valence-corrected chi connectivity index (χ1v) is 10.5. The molecule has 3 heterocycles. The SMILES string of the molecule is CN1CCc2ncc(N3CCN([C@H]4CC[C@H](OCC(=O)O)CC4)C3=O)nc2CC1.Cl.Cl. The highest BCUT2D eigenvalue weighted by Crippen LogP contribution is 2.29. The number of nitrogens with zero attached hydrogens (tertiary/aromatic N) is 5. The average Bonchev–Trinajstić information content (AvgIpc) is 3.00. The second-order valence-electron chi connectivity index (χ2n) is 8.19. The minimum absolute atomic E-state index is 0. The summed E-state index contributed by atoms with van der Waals surface area (Å²) in [6.45, 7) is 3.00. The molecule has 31 heavy (non-hydrogen) atoms. The average molecular weight is 476 g/mol. The highest BCUT2D eigenvalue weighted by Gasteiger charge is 2.37. The van der Waals surface area contributed by atoms with Crippen molar-refractivity contribution in [3.63, 3.8) is 0 Å². The molecule has 174 valence electrons. The second-order valence-corrected chi connectivity index (χ2v) is 8.19. The van der Waals surface area contributed by atoms with Gasteiger partial charge in [-0.25, -0.2) is 14.6 Å². The fraction of sp³-hybridized carbons (Fsp3) is 0.700. The number of halogens is 2. The van der Waals surface area contributed by atoms with E-state index in [4.69, 9.17) is 14.8 Å². The molecule has 1 saturated heterocycles. The number of carboxylic acid groups (broad SMARTS) is 1. The van der Waals surface area contributed by atoms with E-state index in [0.29, 0.717) is 18.9 Å². The van der Waals surface area contributed by atoms with Gasteiger partial charge in [0.25, 0.3) is 0 Å². The zero-order chi connectivity index (χ0) is 20.4. The van der Waals surface area contributed by atoms with E-state index in [1.807, 2.05) is 4.90 Å². The van der Waals surface area contributed by atoms with Crippen molar-refractivity contribution >= 4 is 42.6 Å². The lowest BCUT2D eigenvalue weighted by molar-refractivity contribution is -0.145. The van der Waals surface area contributed by atoms with Crippen LogP contribution in [-0.2, 0) is 22.4 Å². The minimum Gasteiger partial charge on any atom is -0.480 e. The Labute approximate surface area is 195 Å². The van der Waals surface area contributed by atoms with Crippen molar-refractivity contribution in [1.82, 2.24) is 19.8 Å². The number of rotatable bonds is 5. The van der Waals surface area contributed by atoms with Crippen molar-refractivity contribution in [2.24, 2.45) is 0 Å². The Balaban J connectivity index is 0.00000171. The molecule has 1 aromatic rings. The van der Waals surface area contributed by atoms with Crippen LogP contribution in [0.15, 0.2) is 6.20 Å². The lowest BCUT2D eigenvalue weighted by Gasteiger charge is -2.34. The lowest BCUT2D eigenvalue weighted by Crippen LogP contribution is -2.42. The number of anilines is 1. The van der Waals surface area contributed by atoms with E-state index in [9.17, 15) is 9.59 Å². The summed E-state index contributed by atoms with van der Waals surface area (Å²) in [5.74, 6) is -0.287. The number of hydrogen-bond acceptors (Lipinski definition) is 6. The Morgan fingerprint density at radius 1 is 1.10 bits per heavy atom. The molecule has 1 saturated carbocycles. The Kier molecular flexibility index (Phi) is 9.29. The molecule has 0 radical (unpaired) electrons. The number of aromatic nitrogens is 2. The molecule has 0 bridgehead atoms. The molecule has 9 nitrogen and oxygen atoms in total. The van der Waals surface area contributed by atoms with Crippen molar-refractivity contribution < 1.29 is 19.4 Å². The van der Waals surface area contributed by atoms with Gasteiger partial charge in [0.15, 0.2) is 5.82 Å². The number of ether oxygens (including phenoxy) is 1. The van der Waals surface area contributed by atoms with Crippen LogP contribution in [0.25, 0.3) is 0 Å². The summed E-state index contributed by atoms with van der Waals surface area (Å²) < 4.78 is 5.41. The maximum atomic E-state index is 13.1. The van der Waals surface area contributed by atoms with E-state index in [0.717, 1.165) is 63.0 Å². The topological polar surface area (TPSA) is 99.1 Å². The molecule has 0 aromatic carbocycles. The predicted molar refractivity (Wildman–Crippen MR) is 121 cm³/mol. The molecule has 1 aliphatic carbocycles. The summed E-state index contributed by atoms with van der Waals surface area (Å²) >= 11 is 0. The number of likely N-dealkylation sites (N-methyl/N-ethyl adjacent to an activating group) is 1. The first-order chi connectivity index (χ1) is 14.0. The van der Waals surface area contributed by atoms with Gasteiger partial charge in [0.05, 0.1) is 23.7 Å². The zero-order valence-electron chi connectivity index (χ0n) is 17.7. The van der Waals surface area contributed by atoms with Gasteiger partial charge in [-0.15, -0.1) is 24.8 Å². The van der Waals surface area contributed by atoms with Gasteiger partial charge in [-0.05, 0) is 32.7 Å². The van der Waals surface area contributed by atoms with Gasteiger partial charge in [-0.1, -0.05) is 0 Å². The largest absolute Gasteiger partial charge is 0.480 e. The molecular weight excluding hydrogens is 445 g/mol. The Morgan fingerprint density at radius 2 is 1.77 bits per heavy atom. The first kappa shape index (κ1) is 25.6. The number of amides is 2. The van der Waals surface area contributed by atoms with Gasteiger partial charge in [-0.2, -0.15) is 0 Å². The summed E-state index contributed by atoms with van der Waals surface area (Å²) in [6.07, 6.45) is 6.72. The highest BCUT2D eigenvalue weighted by molar-refractivity contribution is 5.93. The molecule has 11 heteroatoms. The van der Waals surface area contributed by atoms with Crippen LogP contribution >= 0.6 is 24.8 Å². The molecule has 1 aromatic heterocycles. The van der Waals surface area contributed by atoms with E-state index >= 15 is 0 Å². The Morgan fingerprint density at radius 3 is 2.45 bits per heavy atom. The monoisotopic (exact) mass is 475 g/mol. The van der Waals surface area contributed by atoms with Crippen LogP contribution in [0.5, 0.6) is 0 Å². The first-order valence-electron chi connectivity index (χ1n) is 10.5. The third-order valence-electron chi connectivity index (χ3n) is 6.22. The van der Waals surface area contributed by atoms with Crippen LogP contribution in [-0.4, -0.2) is 88.9 Å². The molecule has 3 aliphatic rings. The molecule has 0 spiro atoms. The van der Waals surface area contributed by atoms with Gasteiger partial charge in [-0.3, -0.25) is 9.88 Å². The quantitative estimate of drug-likeness (QED) is 0.694. The van der Waals surface area contributed by atoms with E-state index in [-0.39, 0.29) is 49.6 Å². The van der Waals surface area contributed by atoms with Gasteiger partial charge >= 0.3 is 12.0 Å². The fourth-order valence-electron chi connectivity index (χ4n) is 4.50. The summed E-state index contributed by atoms with van der Waals surface area (Å²) in [5.41, 5.74) is 2.05. The third-order valence-corrected chi connectivity index (χ3v) is 6.22. The number of urea groups is 1. The van der Waals surface area contributed by atoms with E-state index in [2.05, 4.69) is 16.9 Å². The highest BCUT2D eigenvalue weighted by atomic mass is 35.5. The van der Waals surface area contributed by atoms with Crippen LogP contribution in [0.4, 0.5) is 10.6 Å². The lowest BCUT2D eigenvalue weighted by atomic mass is 9.92. The number of fused-ring (bicyclic) bond motifs is 1. The smallest absolute Gasteiger partial charge is 0.329 e. The molecule has 4 rings (SSSR count). The third kappa shape index (κ3) is 5.97. The molecule has 1 N–H and O–H groups in total. The summed E-state index contributed by atoms with van der Waals surface area (Å²) in [7, 11) is 2.11. The number of hydrogen-bond donors (Lipinski definition) is 1. The van der Waals surface area contributed by atoms with Crippen molar-refractivity contribution in [3.05, 3.63) is 17.6 Å². The summed E-state index contributed by atoms with van der Waals surface area (Å²) in [4.78, 5) is 39.1. The Hall–Kier alpha value is -1.68. The van der Waals surface area contributed by atoms with Gasteiger partial charge < -0.3 is 19.6 Å². The number of carbonyl (C=O) groups is 2. The van der Waals surface area contributed by atoms with Gasteiger partial charge in [0, 0.05) is 45.1 Å². The van der Waals surface area contributed by atoms with Crippen molar-refractivity contribution in [2.45, 2.75) is 50.7 Å². The normalized spacial score (nSPS) is 24.1. The maximum Gasteiger partial charge on any atom is 0.329 e. The Bertz CT molecular complexity index is 776. The second kappa shape index (κ2) is 11.3. The fourth-order valence-corrected chi connectivity index (χ4v) is 4.50. The number of carboxylic acids is 1. The zero-order valence-corrected chi connectivity index (χ0v) is 19.4. The van der Waals surface area contributed by atoms with Crippen molar-refractivity contribution in [2.75, 3.05) is 44.7 Å². The summed E-state index contributed by atoms with van der Waals surface area (Å²) in [6, 6.07) is 0.180.